The number of nitrogens with one attached hydrogen (secondary N) is 1. The van der Waals surface area contributed by atoms with Gasteiger partial charge in [-0.05, 0) is 13.8 Å². The molecule has 0 radical (unpaired) electrons. The van der Waals surface area contributed by atoms with Gasteiger partial charge in [-0.25, -0.2) is 4.79 Å². The molecule has 0 aromatic carbocycles. The van der Waals surface area contributed by atoms with Crippen molar-refractivity contribution in [3.8, 4) is 0 Å². The van der Waals surface area contributed by atoms with Crippen LogP contribution >= 0.6 is 11.8 Å². The zero-order valence-corrected chi connectivity index (χ0v) is 14.5. The van der Waals surface area contributed by atoms with E-state index in [4.69, 9.17) is 4.74 Å². The van der Waals surface area contributed by atoms with E-state index < -0.39 is 0 Å². The second kappa shape index (κ2) is 11.2. The van der Waals surface area contributed by atoms with Crippen LogP contribution in [-0.4, -0.2) is 79.2 Å². The van der Waals surface area contributed by atoms with E-state index in [0.29, 0.717) is 19.7 Å². The van der Waals surface area contributed by atoms with E-state index in [0.717, 1.165) is 43.6 Å². The van der Waals surface area contributed by atoms with Crippen molar-refractivity contribution in [1.82, 2.24) is 15.1 Å². The topological polar surface area (TPSA) is 57.2 Å². The Morgan fingerprint density at radius 3 is 2.59 bits per heavy atom. The van der Waals surface area contributed by atoms with Gasteiger partial charge in [-0.1, -0.05) is 6.08 Å². The van der Waals surface area contributed by atoms with Crippen LogP contribution < -0.4 is 5.32 Å². The Morgan fingerprint density at radius 1 is 1.32 bits per heavy atom. The van der Waals surface area contributed by atoms with E-state index >= 15 is 0 Å². The number of carbonyl (C=O) groups excluding carboxylic acids is 1. The second-order valence-electron chi connectivity index (χ2n) is 4.77. The van der Waals surface area contributed by atoms with Crippen LogP contribution in [0.1, 0.15) is 13.8 Å². The third-order valence-electron chi connectivity index (χ3n) is 3.17. The average Bonchev–Trinajstić information content (AvgIpc) is 2.54. The number of carbonyl (C=O) groups is 1. The summed E-state index contributed by atoms with van der Waals surface area (Å²) in [5, 5.41) is 3.32. The number of hydrogen-bond acceptors (Lipinski definition) is 4. The van der Waals surface area contributed by atoms with Gasteiger partial charge in [0.05, 0.1) is 13.2 Å². The van der Waals surface area contributed by atoms with Crippen LogP contribution in [0.15, 0.2) is 17.6 Å². The molecule has 1 aliphatic heterocycles. The maximum atomic E-state index is 11.7. The number of aliphatic imine (C=N–C) groups is 1. The number of guanidine groups is 1. The number of thioether (sulfide) groups is 1. The van der Waals surface area contributed by atoms with Gasteiger partial charge in [-0.15, -0.1) is 6.58 Å². The molecule has 22 heavy (non-hydrogen) atoms. The summed E-state index contributed by atoms with van der Waals surface area (Å²) in [5.74, 6) is 2.89. The Morgan fingerprint density at radius 2 is 2.00 bits per heavy atom. The molecule has 0 spiro atoms. The van der Waals surface area contributed by atoms with E-state index in [-0.39, 0.29) is 6.09 Å². The minimum Gasteiger partial charge on any atom is -0.450 e. The van der Waals surface area contributed by atoms with Crippen LogP contribution in [-0.2, 0) is 4.74 Å². The number of nitrogens with zero attached hydrogens (tertiary/aromatic N) is 3. The highest BCUT2D eigenvalue weighted by molar-refractivity contribution is 7.99. The number of amides is 1. The van der Waals surface area contributed by atoms with Crippen molar-refractivity contribution in [3.63, 3.8) is 0 Å². The minimum atomic E-state index is -0.218. The smallest absolute Gasteiger partial charge is 0.409 e. The Kier molecular flexibility index (Phi) is 9.54. The Hall–Kier alpha value is -1.37. The highest BCUT2D eigenvalue weighted by atomic mass is 32.2. The van der Waals surface area contributed by atoms with Crippen molar-refractivity contribution in [3.05, 3.63) is 12.7 Å². The van der Waals surface area contributed by atoms with Gasteiger partial charge in [0.15, 0.2) is 5.96 Å². The molecule has 1 N–H and O–H groups in total. The van der Waals surface area contributed by atoms with Crippen molar-refractivity contribution >= 4 is 23.8 Å². The monoisotopic (exact) mass is 328 g/mol. The number of piperazine rings is 1. The quantitative estimate of drug-likeness (QED) is 0.333. The molecule has 1 rings (SSSR count). The summed E-state index contributed by atoms with van der Waals surface area (Å²) in [7, 11) is 0. The molecule has 0 aliphatic carbocycles. The molecule has 0 atom stereocenters. The fourth-order valence-corrected chi connectivity index (χ4v) is 2.68. The van der Waals surface area contributed by atoms with E-state index in [2.05, 4.69) is 28.7 Å². The molecule has 1 fully saturated rings. The number of rotatable bonds is 7. The highest BCUT2D eigenvalue weighted by Crippen LogP contribution is 2.05. The zero-order chi connectivity index (χ0) is 16.2. The summed E-state index contributed by atoms with van der Waals surface area (Å²) in [6.07, 6.45) is 1.69. The zero-order valence-electron chi connectivity index (χ0n) is 13.7. The summed E-state index contributed by atoms with van der Waals surface area (Å²) in [4.78, 5) is 20.3. The summed E-state index contributed by atoms with van der Waals surface area (Å²) in [6, 6.07) is 0. The van der Waals surface area contributed by atoms with Gasteiger partial charge in [0.1, 0.15) is 0 Å². The predicted octanol–water partition coefficient (Wildman–Crippen LogP) is 1.65. The van der Waals surface area contributed by atoms with Crippen LogP contribution in [0, 0.1) is 0 Å². The Labute approximate surface area is 138 Å². The van der Waals surface area contributed by atoms with Crippen LogP contribution in [0.4, 0.5) is 4.79 Å². The highest BCUT2D eigenvalue weighted by Gasteiger charge is 2.23. The SMILES string of the molecule is C=CCSCCN=C(NCC)N1CCN(C(=O)OCC)CC1. The van der Waals surface area contributed by atoms with Crippen molar-refractivity contribution in [2.45, 2.75) is 13.8 Å². The van der Waals surface area contributed by atoms with Crippen molar-refractivity contribution in [1.29, 1.82) is 0 Å². The van der Waals surface area contributed by atoms with Crippen LogP contribution in [0.3, 0.4) is 0 Å². The van der Waals surface area contributed by atoms with E-state index in [1.807, 2.05) is 24.8 Å². The summed E-state index contributed by atoms with van der Waals surface area (Å²) < 4.78 is 5.04. The Bertz CT molecular complexity index is 369. The lowest BCUT2D eigenvalue weighted by Crippen LogP contribution is -2.54. The molecular weight excluding hydrogens is 300 g/mol. The molecule has 6 nitrogen and oxygen atoms in total. The van der Waals surface area contributed by atoms with Gasteiger partial charge >= 0.3 is 6.09 Å². The van der Waals surface area contributed by atoms with Crippen molar-refractivity contribution < 1.29 is 9.53 Å². The number of hydrogen-bond donors (Lipinski definition) is 1. The third-order valence-corrected chi connectivity index (χ3v) is 4.12. The van der Waals surface area contributed by atoms with E-state index in [9.17, 15) is 4.79 Å². The molecule has 0 bridgehead atoms. The maximum Gasteiger partial charge on any atom is 0.409 e. The van der Waals surface area contributed by atoms with Gasteiger partial charge in [-0.2, -0.15) is 11.8 Å². The fourth-order valence-electron chi connectivity index (χ4n) is 2.12. The first-order valence-electron chi connectivity index (χ1n) is 7.86. The average molecular weight is 328 g/mol. The first-order chi connectivity index (χ1) is 10.7. The minimum absolute atomic E-state index is 0.218. The number of ether oxygens (including phenoxy) is 1. The molecular formula is C15H28N4O2S. The standard InChI is InChI=1S/C15H28N4O2S/c1-4-12-22-13-7-17-14(16-5-2)18-8-10-19(11-9-18)15(20)21-6-3/h4H,1,5-13H2,2-3H3,(H,16,17). The largest absolute Gasteiger partial charge is 0.450 e. The molecule has 0 saturated carbocycles. The van der Waals surface area contributed by atoms with Crippen LogP contribution in [0.2, 0.25) is 0 Å². The molecule has 1 saturated heterocycles. The van der Waals surface area contributed by atoms with Gasteiger partial charge in [-0.3, -0.25) is 4.99 Å². The lowest BCUT2D eigenvalue weighted by Gasteiger charge is -2.35. The summed E-state index contributed by atoms with van der Waals surface area (Å²) >= 11 is 1.83. The van der Waals surface area contributed by atoms with E-state index in [1.165, 1.54) is 0 Å². The molecule has 1 amide bonds. The van der Waals surface area contributed by atoms with Crippen molar-refractivity contribution in [2.75, 3.05) is 57.4 Å². The fraction of sp³-hybridized carbons (Fsp3) is 0.733. The molecule has 1 aliphatic rings. The molecule has 0 aromatic rings. The molecule has 7 heteroatoms. The van der Waals surface area contributed by atoms with E-state index in [1.54, 1.807) is 4.90 Å². The Balaban J connectivity index is 2.43. The van der Waals surface area contributed by atoms with Crippen LogP contribution in [0.5, 0.6) is 0 Å². The summed E-state index contributed by atoms with van der Waals surface area (Å²) in [5.41, 5.74) is 0. The lowest BCUT2D eigenvalue weighted by molar-refractivity contribution is 0.0914. The molecule has 0 aromatic heterocycles. The third kappa shape index (κ3) is 6.60. The van der Waals surface area contributed by atoms with Gasteiger partial charge in [0, 0.05) is 44.2 Å². The van der Waals surface area contributed by atoms with Gasteiger partial charge < -0.3 is 19.9 Å². The molecule has 1 heterocycles. The lowest BCUT2D eigenvalue weighted by atomic mass is 10.3. The molecule has 126 valence electrons. The summed E-state index contributed by atoms with van der Waals surface area (Å²) in [6.45, 7) is 12.6. The normalized spacial score (nSPS) is 15.6. The second-order valence-corrected chi connectivity index (χ2v) is 5.92. The molecule has 0 unspecified atom stereocenters. The van der Waals surface area contributed by atoms with Crippen molar-refractivity contribution in [2.24, 2.45) is 4.99 Å². The predicted molar refractivity (Wildman–Crippen MR) is 93.7 cm³/mol. The van der Waals surface area contributed by atoms with Crippen LogP contribution in [0.25, 0.3) is 0 Å². The van der Waals surface area contributed by atoms with Gasteiger partial charge in [0.25, 0.3) is 0 Å². The maximum absolute atomic E-state index is 11.7. The first kappa shape index (κ1) is 18.7. The van der Waals surface area contributed by atoms with Gasteiger partial charge in [0.2, 0.25) is 0 Å². The first-order valence-corrected chi connectivity index (χ1v) is 9.02.